The summed E-state index contributed by atoms with van der Waals surface area (Å²) in [6, 6.07) is 12.2. The summed E-state index contributed by atoms with van der Waals surface area (Å²) in [4.78, 5) is 0. The zero-order valence-electron chi connectivity index (χ0n) is 11.3. The van der Waals surface area contributed by atoms with Crippen LogP contribution in [0.4, 0.5) is 0 Å². The van der Waals surface area contributed by atoms with E-state index in [0.29, 0.717) is 11.1 Å². The summed E-state index contributed by atoms with van der Waals surface area (Å²) in [6.07, 6.45) is 3.72. The van der Waals surface area contributed by atoms with Crippen LogP contribution in [0, 0.1) is 10.8 Å². The van der Waals surface area contributed by atoms with Crippen molar-refractivity contribution in [1.82, 2.24) is 0 Å². The van der Waals surface area contributed by atoms with E-state index in [1.54, 1.807) is 30.3 Å². The number of benzene rings is 2. The van der Waals surface area contributed by atoms with Crippen LogP contribution in [-0.2, 0) is 0 Å². The van der Waals surface area contributed by atoms with Gasteiger partial charge in [0.15, 0.2) is 0 Å². The van der Waals surface area contributed by atoms with E-state index in [1.165, 1.54) is 0 Å². The standard InChI is InChI=1S/C16H16N4O/c17-15(18)12-6-3-10(4-7-12)1-2-11-5-8-13(16(19)20)14(21)9-11/h1-9,21H,(H3,17,18)(H3,19,20)/b2-1+. The molecular formula is C16H16N4O. The molecule has 0 unspecified atom stereocenters. The SMILES string of the molecule is N=C(N)c1ccc(/C=C/c2ccc(C(=N)N)c(O)c2)cc1. The molecule has 2 rings (SSSR count). The Morgan fingerprint density at radius 3 is 1.95 bits per heavy atom. The van der Waals surface area contributed by atoms with Crippen LogP contribution in [0.3, 0.4) is 0 Å². The van der Waals surface area contributed by atoms with Gasteiger partial charge in [0.1, 0.15) is 17.4 Å². The van der Waals surface area contributed by atoms with Crippen molar-refractivity contribution < 1.29 is 5.11 Å². The van der Waals surface area contributed by atoms with Gasteiger partial charge in [-0.15, -0.1) is 0 Å². The summed E-state index contributed by atoms with van der Waals surface area (Å²) < 4.78 is 0. The van der Waals surface area contributed by atoms with Crippen LogP contribution >= 0.6 is 0 Å². The van der Waals surface area contributed by atoms with Gasteiger partial charge >= 0.3 is 0 Å². The van der Waals surface area contributed by atoms with Crippen LogP contribution in [0.2, 0.25) is 0 Å². The Morgan fingerprint density at radius 1 is 0.857 bits per heavy atom. The van der Waals surface area contributed by atoms with Crippen LogP contribution in [0.1, 0.15) is 22.3 Å². The van der Waals surface area contributed by atoms with Gasteiger partial charge in [0.05, 0.1) is 5.56 Å². The molecule has 0 aliphatic heterocycles. The summed E-state index contributed by atoms with van der Waals surface area (Å²) in [6.45, 7) is 0. The molecule has 0 fully saturated rings. The second kappa shape index (κ2) is 5.92. The third kappa shape index (κ3) is 3.48. The predicted molar refractivity (Wildman–Crippen MR) is 85.5 cm³/mol. The van der Waals surface area contributed by atoms with E-state index in [-0.39, 0.29) is 17.4 Å². The fourth-order valence-corrected chi connectivity index (χ4v) is 1.85. The minimum atomic E-state index is -0.164. The van der Waals surface area contributed by atoms with Crippen LogP contribution < -0.4 is 11.5 Å². The van der Waals surface area contributed by atoms with Gasteiger partial charge < -0.3 is 16.6 Å². The van der Waals surface area contributed by atoms with Gasteiger partial charge in [0.2, 0.25) is 0 Å². The maximum Gasteiger partial charge on any atom is 0.127 e. The molecule has 0 bridgehead atoms. The molecule has 0 saturated heterocycles. The number of aromatic hydroxyl groups is 1. The molecule has 5 nitrogen and oxygen atoms in total. The Labute approximate surface area is 122 Å². The van der Waals surface area contributed by atoms with E-state index < -0.39 is 0 Å². The molecule has 2 aromatic rings. The molecule has 0 spiro atoms. The van der Waals surface area contributed by atoms with Crippen molar-refractivity contribution in [3.63, 3.8) is 0 Å². The van der Waals surface area contributed by atoms with Crippen LogP contribution in [-0.4, -0.2) is 16.8 Å². The maximum absolute atomic E-state index is 9.76. The van der Waals surface area contributed by atoms with E-state index >= 15 is 0 Å². The molecule has 0 heterocycles. The minimum Gasteiger partial charge on any atom is -0.507 e. The van der Waals surface area contributed by atoms with E-state index in [1.807, 2.05) is 24.3 Å². The Bertz CT molecular complexity index is 718. The first-order chi connectivity index (χ1) is 9.97. The summed E-state index contributed by atoms with van der Waals surface area (Å²) in [5.41, 5.74) is 13.5. The van der Waals surface area contributed by atoms with Crippen molar-refractivity contribution in [3.8, 4) is 5.75 Å². The van der Waals surface area contributed by atoms with Gasteiger partial charge in [-0.05, 0) is 23.3 Å². The number of hydrogen-bond donors (Lipinski definition) is 5. The summed E-state index contributed by atoms with van der Waals surface area (Å²) >= 11 is 0. The van der Waals surface area contributed by atoms with Crippen molar-refractivity contribution in [3.05, 3.63) is 64.7 Å². The van der Waals surface area contributed by atoms with E-state index in [9.17, 15) is 5.11 Å². The third-order valence-corrected chi connectivity index (χ3v) is 3.00. The second-order valence-corrected chi connectivity index (χ2v) is 4.56. The van der Waals surface area contributed by atoms with Crippen molar-refractivity contribution in [2.24, 2.45) is 11.5 Å². The number of nitrogen functional groups attached to an aromatic ring is 2. The molecule has 0 saturated carbocycles. The number of amidine groups is 2. The first-order valence-corrected chi connectivity index (χ1v) is 6.27. The lowest BCUT2D eigenvalue weighted by Gasteiger charge is -2.03. The van der Waals surface area contributed by atoms with Crippen molar-refractivity contribution in [1.29, 1.82) is 10.8 Å². The van der Waals surface area contributed by atoms with E-state index in [0.717, 1.165) is 11.1 Å². The molecule has 5 heteroatoms. The van der Waals surface area contributed by atoms with Crippen molar-refractivity contribution in [2.75, 3.05) is 0 Å². The normalized spacial score (nSPS) is 10.7. The Kier molecular flexibility index (Phi) is 4.04. The lowest BCUT2D eigenvalue weighted by atomic mass is 10.1. The van der Waals surface area contributed by atoms with E-state index in [4.69, 9.17) is 22.3 Å². The van der Waals surface area contributed by atoms with Gasteiger partial charge in [-0.2, -0.15) is 0 Å². The highest BCUT2D eigenvalue weighted by atomic mass is 16.3. The molecule has 0 aliphatic carbocycles. The number of nitrogens with one attached hydrogen (secondary N) is 2. The molecule has 0 radical (unpaired) electrons. The second-order valence-electron chi connectivity index (χ2n) is 4.56. The maximum atomic E-state index is 9.76. The molecule has 106 valence electrons. The zero-order chi connectivity index (χ0) is 15.4. The average Bonchev–Trinajstić information content (AvgIpc) is 2.45. The number of phenols is 1. The lowest BCUT2D eigenvalue weighted by Crippen LogP contribution is -2.10. The number of hydrogen-bond acceptors (Lipinski definition) is 3. The van der Waals surface area contributed by atoms with Gasteiger partial charge in [-0.3, -0.25) is 10.8 Å². The molecule has 2 aromatic carbocycles. The highest BCUT2D eigenvalue weighted by molar-refractivity contribution is 5.98. The van der Waals surface area contributed by atoms with Crippen molar-refractivity contribution >= 4 is 23.8 Å². The topological polar surface area (TPSA) is 120 Å². The molecular weight excluding hydrogens is 264 g/mol. The Hall–Kier alpha value is -3.08. The van der Waals surface area contributed by atoms with Gasteiger partial charge in [0, 0.05) is 5.56 Å². The summed E-state index contributed by atoms with van der Waals surface area (Å²) in [5.74, 6) is -0.144. The highest BCUT2D eigenvalue weighted by Crippen LogP contribution is 2.20. The molecule has 0 amide bonds. The molecule has 7 N–H and O–H groups in total. The predicted octanol–water partition coefficient (Wildman–Crippen LogP) is 2.13. The van der Waals surface area contributed by atoms with E-state index in [2.05, 4.69) is 0 Å². The largest absolute Gasteiger partial charge is 0.507 e. The number of rotatable bonds is 4. The quantitative estimate of drug-likeness (QED) is 0.335. The third-order valence-electron chi connectivity index (χ3n) is 3.00. The Morgan fingerprint density at radius 2 is 1.43 bits per heavy atom. The Balaban J connectivity index is 2.19. The fraction of sp³-hybridized carbons (Fsp3) is 0. The van der Waals surface area contributed by atoms with Gasteiger partial charge in [0.25, 0.3) is 0 Å². The monoisotopic (exact) mass is 280 g/mol. The highest BCUT2D eigenvalue weighted by Gasteiger charge is 2.03. The summed E-state index contributed by atoms with van der Waals surface area (Å²) in [7, 11) is 0. The van der Waals surface area contributed by atoms with Crippen LogP contribution in [0.15, 0.2) is 42.5 Å². The molecule has 21 heavy (non-hydrogen) atoms. The summed E-state index contributed by atoms with van der Waals surface area (Å²) in [5, 5.41) is 24.4. The number of nitrogens with two attached hydrogens (primary N) is 2. The average molecular weight is 280 g/mol. The lowest BCUT2D eigenvalue weighted by molar-refractivity contribution is 0.474. The van der Waals surface area contributed by atoms with Crippen LogP contribution in [0.5, 0.6) is 5.75 Å². The molecule has 0 aromatic heterocycles. The minimum absolute atomic E-state index is 0.0171. The zero-order valence-corrected chi connectivity index (χ0v) is 11.3. The smallest absolute Gasteiger partial charge is 0.127 e. The first kappa shape index (κ1) is 14.3. The molecule has 0 aliphatic rings. The fourth-order valence-electron chi connectivity index (χ4n) is 1.85. The van der Waals surface area contributed by atoms with Gasteiger partial charge in [-0.1, -0.05) is 42.5 Å². The van der Waals surface area contributed by atoms with Crippen LogP contribution in [0.25, 0.3) is 12.2 Å². The van der Waals surface area contributed by atoms with Crippen molar-refractivity contribution in [2.45, 2.75) is 0 Å². The van der Waals surface area contributed by atoms with Gasteiger partial charge in [-0.25, -0.2) is 0 Å². The number of phenolic OH excluding ortho intramolecular Hbond substituents is 1. The first-order valence-electron chi connectivity index (χ1n) is 6.27. The molecule has 0 atom stereocenters.